The van der Waals surface area contributed by atoms with Crippen LogP contribution in [-0.4, -0.2) is 59.1 Å². The number of nitrogens with zero attached hydrogens (tertiary/aromatic N) is 2. The topological polar surface area (TPSA) is 61.9 Å². The molecule has 2 amide bonds. The van der Waals surface area contributed by atoms with E-state index < -0.39 is 11.6 Å². The Labute approximate surface area is 165 Å². The van der Waals surface area contributed by atoms with Gasteiger partial charge in [-0.15, -0.1) is 0 Å². The van der Waals surface area contributed by atoms with Crippen molar-refractivity contribution in [1.82, 2.24) is 15.1 Å². The van der Waals surface area contributed by atoms with Gasteiger partial charge >= 0.3 is 6.09 Å². The van der Waals surface area contributed by atoms with E-state index in [1.54, 1.807) is 4.90 Å². The second-order valence-corrected chi connectivity index (χ2v) is 8.63. The fourth-order valence-electron chi connectivity index (χ4n) is 3.19. The molecule has 1 atom stereocenters. The van der Waals surface area contributed by atoms with Gasteiger partial charge in [-0.05, 0) is 45.2 Å². The highest BCUT2D eigenvalue weighted by Gasteiger charge is 2.38. The van der Waals surface area contributed by atoms with Gasteiger partial charge in [-0.2, -0.15) is 0 Å². The minimum Gasteiger partial charge on any atom is -0.444 e. The summed E-state index contributed by atoms with van der Waals surface area (Å²) in [5.74, 6) is 0.0191. The maximum atomic E-state index is 13.2. The molecule has 1 aromatic carbocycles. The largest absolute Gasteiger partial charge is 0.444 e. The number of nitrogens with one attached hydrogen (secondary N) is 1. The van der Waals surface area contributed by atoms with Crippen molar-refractivity contribution in [2.24, 2.45) is 0 Å². The van der Waals surface area contributed by atoms with Crippen molar-refractivity contribution in [3.8, 4) is 0 Å². The number of carbonyl (C=O) groups excluding carboxylic acids is 2. The Hall–Kier alpha value is -1.79. The highest BCUT2D eigenvalue weighted by molar-refractivity contribution is 6.31. The number of hydrogen-bond donors (Lipinski definition) is 1. The van der Waals surface area contributed by atoms with Gasteiger partial charge in [0.25, 0.3) is 0 Å². The molecule has 0 bridgehead atoms. The zero-order valence-electron chi connectivity index (χ0n) is 16.2. The lowest BCUT2D eigenvalue weighted by atomic mass is 10.1. The van der Waals surface area contributed by atoms with Gasteiger partial charge in [0.15, 0.2) is 0 Å². The molecule has 3 rings (SSSR count). The van der Waals surface area contributed by atoms with Gasteiger partial charge < -0.3 is 19.9 Å². The molecule has 1 saturated heterocycles. The smallest absolute Gasteiger partial charge is 0.410 e. The lowest BCUT2D eigenvalue weighted by Gasteiger charge is -2.36. The number of ether oxygens (including phenoxy) is 1. The van der Waals surface area contributed by atoms with Crippen LogP contribution >= 0.6 is 11.6 Å². The van der Waals surface area contributed by atoms with E-state index in [-0.39, 0.29) is 18.0 Å². The maximum absolute atomic E-state index is 13.2. The molecule has 2 fully saturated rings. The molecule has 148 valence electrons. The normalized spacial score (nSPS) is 20.3. The molecule has 0 spiro atoms. The van der Waals surface area contributed by atoms with E-state index >= 15 is 0 Å². The van der Waals surface area contributed by atoms with E-state index in [1.807, 2.05) is 49.9 Å². The molecule has 1 N–H and O–H groups in total. The van der Waals surface area contributed by atoms with Crippen molar-refractivity contribution in [2.45, 2.75) is 57.8 Å². The Morgan fingerprint density at radius 3 is 2.63 bits per heavy atom. The van der Waals surface area contributed by atoms with E-state index in [0.717, 1.165) is 18.4 Å². The van der Waals surface area contributed by atoms with Crippen LogP contribution in [0.1, 0.15) is 39.2 Å². The van der Waals surface area contributed by atoms with Gasteiger partial charge in [0.05, 0.1) is 0 Å². The van der Waals surface area contributed by atoms with Crippen molar-refractivity contribution >= 4 is 23.6 Å². The summed E-state index contributed by atoms with van der Waals surface area (Å²) in [5.41, 5.74) is 0.394. The van der Waals surface area contributed by atoms with Gasteiger partial charge in [-0.1, -0.05) is 29.8 Å². The molecular formula is C20H28ClN3O3. The Morgan fingerprint density at radius 2 is 2.00 bits per heavy atom. The lowest BCUT2D eigenvalue weighted by molar-refractivity contribution is -0.135. The number of rotatable bonds is 4. The van der Waals surface area contributed by atoms with Gasteiger partial charge in [0.2, 0.25) is 5.91 Å². The van der Waals surface area contributed by atoms with Crippen molar-refractivity contribution in [3.05, 3.63) is 34.9 Å². The van der Waals surface area contributed by atoms with Crippen LogP contribution in [0, 0.1) is 0 Å². The van der Waals surface area contributed by atoms with Crippen LogP contribution in [0.4, 0.5) is 4.79 Å². The molecule has 1 heterocycles. The molecular weight excluding hydrogens is 366 g/mol. The van der Waals surface area contributed by atoms with E-state index in [9.17, 15) is 9.59 Å². The monoisotopic (exact) mass is 393 g/mol. The highest BCUT2D eigenvalue weighted by atomic mass is 35.5. The molecule has 6 nitrogen and oxygen atoms in total. The molecule has 1 aliphatic carbocycles. The Bertz CT molecular complexity index is 700. The predicted octanol–water partition coefficient (Wildman–Crippen LogP) is 3.04. The third-order valence-electron chi connectivity index (χ3n) is 4.69. The Kier molecular flexibility index (Phi) is 5.96. The van der Waals surface area contributed by atoms with Gasteiger partial charge in [-0.3, -0.25) is 4.79 Å². The van der Waals surface area contributed by atoms with E-state index in [2.05, 4.69) is 5.32 Å². The predicted molar refractivity (Wildman–Crippen MR) is 105 cm³/mol. The van der Waals surface area contributed by atoms with Gasteiger partial charge in [0, 0.05) is 37.2 Å². The summed E-state index contributed by atoms with van der Waals surface area (Å²) in [6.45, 7) is 7.44. The van der Waals surface area contributed by atoms with Gasteiger partial charge in [-0.25, -0.2) is 4.79 Å². The Balaban J connectivity index is 1.67. The molecule has 2 aliphatic rings. The van der Waals surface area contributed by atoms with E-state index in [4.69, 9.17) is 16.3 Å². The number of halogens is 1. The van der Waals surface area contributed by atoms with E-state index in [1.165, 1.54) is 0 Å². The van der Waals surface area contributed by atoms with Crippen LogP contribution in [0.25, 0.3) is 0 Å². The van der Waals surface area contributed by atoms with Crippen LogP contribution in [0.3, 0.4) is 0 Å². The van der Waals surface area contributed by atoms with Gasteiger partial charge in [0.1, 0.15) is 11.6 Å². The number of amides is 2. The second kappa shape index (κ2) is 8.07. The summed E-state index contributed by atoms with van der Waals surface area (Å²) in [6.07, 6.45) is 1.66. The molecule has 1 aliphatic heterocycles. The molecule has 1 unspecified atom stereocenters. The summed E-state index contributed by atoms with van der Waals surface area (Å²) < 4.78 is 5.45. The fraction of sp³-hybridized carbons (Fsp3) is 0.600. The van der Waals surface area contributed by atoms with Crippen molar-refractivity contribution in [3.63, 3.8) is 0 Å². The summed E-state index contributed by atoms with van der Waals surface area (Å²) in [4.78, 5) is 29.1. The van der Waals surface area contributed by atoms with Crippen LogP contribution in [-0.2, 0) is 16.1 Å². The summed E-state index contributed by atoms with van der Waals surface area (Å²) in [5, 5.41) is 3.93. The first-order valence-electron chi connectivity index (χ1n) is 9.50. The van der Waals surface area contributed by atoms with Crippen molar-refractivity contribution in [1.29, 1.82) is 0 Å². The summed E-state index contributed by atoms with van der Waals surface area (Å²) >= 11 is 6.29. The average Bonchev–Trinajstić information content (AvgIpc) is 3.44. The number of piperazine rings is 1. The highest BCUT2D eigenvalue weighted by Crippen LogP contribution is 2.30. The minimum atomic E-state index is -0.550. The summed E-state index contributed by atoms with van der Waals surface area (Å²) in [6, 6.07) is 7.44. The van der Waals surface area contributed by atoms with E-state index in [0.29, 0.717) is 31.2 Å². The summed E-state index contributed by atoms with van der Waals surface area (Å²) in [7, 11) is 0. The molecule has 0 aromatic heterocycles. The second-order valence-electron chi connectivity index (χ2n) is 8.22. The van der Waals surface area contributed by atoms with Crippen molar-refractivity contribution < 1.29 is 14.3 Å². The zero-order valence-corrected chi connectivity index (χ0v) is 17.0. The first-order valence-corrected chi connectivity index (χ1v) is 9.87. The quantitative estimate of drug-likeness (QED) is 0.854. The van der Waals surface area contributed by atoms with Crippen LogP contribution in [0.2, 0.25) is 5.02 Å². The fourth-order valence-corrected chi connectivity index (χ4v) is 3.39. The molecule has 0 radical (unpaired) electrons. The van der Waals surface area contributed by atoms with Crippen LogP contribution < -0.4 is 5.32 Å². The maximum Gasteiger partial charge on any atom is 0.410 e. The molecule has 1 saturated carbocycles. The minimum absolute atomic E-state index is 0.0191. The zero-order chi connectivity index (χ0) is 19.6. The SMILES string of the molecule is CC(C)(C)OC(=O)N1CCNC(C(=O)N(Cc2ccccc2Cl)C2CC2)C1. The molecule has 27 heavy (non-hydrogen) atoms. The molecule has 7 heteroatoms. The van der Waals surface area contributed by atoms with Crippen LogP contribution in [0.15, 0.2) is 24.3 Å². The standard InChI is InChI=1S/C20H28ClN3O3/c1-20(2,3)27-19(26)23-11-10-22-17(13-23)18(25)24(15-8-9-15)12-14-6-4-5-7-16(14)21/h4-7,15,17,22H,8-13H2,1-3H3. The van der Waals surface area contributed by atoms with Crippen molar-refractivity contribution in [2.75, 3.05) is 19.6 Å². The number of hydrogen-bond acceptors (Lipinski definition) is 4. The third kappa shape index (κ3) is 5.36. The lowest BCUT2D eigenvalue weighted by Crippen LogP contribution is -2.59. The Morgan fingerprint density at radius 1 is 1.30 bits per heavy atom. The number of carbonyl (C=O) groups is 2. The first kappa shape index (κ1) is 20.0. The number of benzene rings is 1. The van der Waals surface area contributed by atoms with Crippen LogP contribution in [0.5, 0.6) is 0 Å². The average molecular weight is 394 g/mol. The first-order chi connectivity index (χ1) is 12.7. The molecule has 1 aromatic rings. The third-order valence-corrected chi connectivity index (χ3v) is 5.06.